The summed E-state index contributed by atoms with van der Waals surface area (Å²) in [5.41, 5.74) is 2.26. The van der Waals surface area contributed by atoms with E-state index in [1.54, 1.807) is 36.4 Å². The number of fused-ring (bicyclic) bond motifs is 1. The minimum Gasteiger partial charge on any atom is -0.496 e. The maximum absolute atomic E-state index is 13.4. The largest absolute Gasteiger partial charge is 0.496 e. The van der Waals surface area contributed by atoms with Gasteiger partial charge in [-0.15, -0.1) is 0 Å². The normalized spacial score (nSPS) is 17.2. The summed E-state index contributed by atoms with van der Waals surface area (Å²) in [7, 11) is 2.79. The van der Waals surface area contributed by atoms with E-state index < -0.39 is 11.9 Å². The van der Waals surface area contributed by atoms with E-state index >= 15 is 0 Å². The van der Waals surface area contributed by atoms with Gasteiger partial charge < -0.3 is 24.0 Å². The fourth-order valence-electron chi connectivity index (χ4n) is 3.97. The molecule has 2 aliphatic heterocycles. The highest BCUT2D eigenvalue weighted by atomic mass is 19.3. The number of esters is 1. The fraction of sp³-hybridized carbons (Fsp3) is 0.391. The van der Waals surface area contributed by atoms with Gasteiger partial charge in [0.15, 0.2) is 0 Å². The van der Waals surface area contributed by atoms with Gasteiger partial charge in [-0.1, -0.05) is 0 Å². The van der Waals surface area contributed by atoms with Crippen LogP contribution in [0, 0.1) is 0 Å². The molecule has 1 fully saturated rings. The van der Waals surface area contributed by atoms with Gasteiger partial charge in [-0.2, -0.15) is 0 Å². The quantitative estimate of drug-likeness (QED) is 0.664. The first kappa shape index (κ1) is 21.9. The van der Waals surface area contributed by atoms with Crippen molar-refractivity contribution in [3.8, 4) is 11.5 Å². The average Bonchev–Trinajstić information content (AvgIpc) is 2.82. The highest BCUT2D eigenvalue weighted by Gasteiger charge is 2.36. The first-order chi connectivity index (χ1) is 15.3. The first-order valence-electron chi connectivity index (χ1n) is 10.3. The number of methoxy groups -OCH3 is 2. The molecule has 0 unspecified atom stereocenters. The molecule has 0 bridgehead atoms. The monoisotopic (exact) mass is 446 g/mol. The van der Waals surface area contributed by atoms with Crippen molar-refractivity contribution in [3.05, 3.63) is 47.5 Å². The summed E-state index contributed by atoms with van der Waals surface area (Å²) in [6, 6.07) is 10.3. The van der Waals surface area contributed by atoms with Gasteiger partial charge in [0.2, 0.25) is 0 Å². The number of carbonyl (C=O) groups excluding carboxylic acids is 2. The number of likely N-dealkylation sites (tertiary alicyclic amines) is 1. The average molecular weight is 446 g/mol. The molecule has 7 nitrogen and oxygen atoms in total. The third-order valence-electron chi connectivity index (χ3n) is 5.75. The molecule has 0 spiro atoms. The number of piperidine rings is 1. The highest BCUT2D eigenvalue weighted by molar-refractivity contribution is 5.96. The molecule has 1 amide bonds. The Morgan fingerprint density at radius 1 is 1.03 bits per heavy atom. The molecule has 4 rings (SSSR count). The van der Waals surface area contributed by atoms with Crippen molar-refractivity contribution in [2.75, 3.05) is 45.4 Å². The van der Waals surface area contributed by atoms with Gasteiger partial charge in [-0.3, -0.25) is 4.79 Å². The summed E-state index contributed by atoms with van der Waals surface area (Å²) in [4.78, 5) is 28.2. The molecule has 2 aliphatic rings. The van der Waals surface area contributed by atoms with E-state index in [4.69, 9.17) is 14.2 Å². The maximum Gasteiger partial charge on any atom is 0.341 e. The van der Waals surface area contributed by atoms with Gasteiger partial charge >= 0.3 is 5.97 Å². The van der Waals surface area contributed by atoms with Crippen LogP contribution in [0.1, 0.15) is 33.6 Å². The Kier molecular flexibility index (Phi) is 5.90. The second kappa shape index (κ2) is 8.64. The number of anilines is 2. The molecular formula is C23H24F2N2O5. The Balaban J connectivity index is 1.59. The molecule has 2 heterocycles. The lowest BCUT2D eigenvalue weighted by atomic mass is 10.0. The zero-order chi connectivity index (χ0) is 22.9. The van der Waals surface area contributed by atoms with E-state index in [9.17, 15) is 18.4 Å². The molecule has 0 atom stereocenters. The standard InChI is InChI=1S/C23H24F2N2O5/c1-30-19-14-16(4-5-17(19)22(29)31-2)27-11-12-32-20-13-15(3-6-18(20)27)21(28)26-9-7-23(24,25)8-10-26/h3-6,13-14H,7-12H2,1-2H3. The molecule has 2 aromatic rings. The van der Waals surface area contributed by atoms with E-state index in [0.717, 1.165) is 11.4 Å². The van der Waals surface area contributed by atoms with Crippen LogP contribution in [0.15, 0.2) is 36.4 Å². The van der Waals surface area contributed by atoms with Crippen LogP contribution >= 0.6 is 0 Å². The van der Waals surface area contributed by atoms with E-state index in [0.29, 0.717) is 35.8 Å². The van der Waals surface area contributed by atoms with E-state index in [-0.39, 0.29) is 31.8 Å². The van der Waals surface area contributed by atoms with E-state index in [1.165, 1.54) is 19.1 Å². The summed E-state index contributed by atoms with van der Waals surface area (Å²) in [5, 5.41) is 0. The van der Waals surface area contributed by atoms with Crippen LogP contribution in [-0.2, 0) is 4.74 Å². The zero-order valence-corrected chi connectivity index (χ0v) is 17.9. The second-order valence-electron chi connectivity index (χ2n) is 7.71. The molecule has 0 aromatic heterocycles. The van der Waals surface area contributed by atoms with Gasteiger partial charge in [-0.05, 0) is 30.3 Å². The number of ether oxygens (including phenoxy) is 3. The summed E-state index contributed by atoms with van der Waals surface area (Å²) >= 11 is 0. The minimum absolute atomic E-state index is 0.0300. The number of rotatable bonds is 4. The predicted octanol–water partition coefficient (Wildman–Crippen LogP) is 3.88. The topological polar surface area (TPSA) is 68.3 Å². The molecular weight excluding hydrogens is 422 g/mol. The van der Waals surface area contributed by atoms with Gasteiger partial charge in [-0.25, -0.2) is 13.6 Å². The molecule has 170 valence electrons. The van der Waals surface area contributed by atoms with Crippen LogP contribution in [0.4, 0.5) is 20.2 Å². The number of halogens is 2. The third kappa shape index (κ3) is 4.19. The Labute approximate surface area is 184 Å². The predicted molar refractivity (Wildman–Crippen MR) is 113 cm³/mol. The van der Waals surface area contributed by atoms with Crippen molar-refractivity contribution >= 4 is 23.3 Å². The fourth-order valence-corrected chi connectivity index (χ4v) is 3.97. The van der Waals surface area contributed by atoms with E-state index in [2.05, 4.69) is 0 Å². The molecule has 0 saturated carbocycles. The summed E-state index contributed by atoms with van der Waals surface area (Å²) in [5.74, 6) is -2.57. The van der Waals surface area contributed by atoms with Crippen LogP contribution in [0.3, 0.4) is 0 Å². The molecule has 0 N–H and O–H groups in total. The molecule has 0 radical (unpaired) electrons. The highest BCUT2D eigenvalue weighted by Crippen LogP contribution is 2.39. The molecule has 9 heteroatoms. The first-order valence-corrected chi connectivity index (χ1v) is 10.3. The van der Waals surface area contributed by atoms with Gasteiger partial charge in [0.1, 0.15) is 23.7 Å². The Hall–Kier alpha value is -3.36. The molecule has 1 saturated heterocycles. The lowest BCUT2D eigenvalue weighted by molar-refractivity contribution is -0.0494. The molecule has 2 aromatic carbocycles. The lowest BCUT2D eigenvalue weighted by Gasteiger charge is -2.33. The smallest absolute Gasteiger partial charge is 0.341 e. The van der Waals surface area contributed by atoms with Crippen molar-refractivity contribution < 1.29 is 32.6 Å². The number of nitrogens with zero attached hydrogens (tertiary/aromatic N) is 2. The van der Waals surface area contributed by atoms with Crippen molar-refractivity contribution in [2.45, 2.75) is 18.8 Å². The third-order valence-corrected chi connectivity index (χ3v) is 5.75. The number of benzene rings is 2. The summed E-state index contributed by atoms with van der Waals surface area (Å²) < 4.78 is 42.8. The Bertz CT molecular complexity index is 1030. The maximum atomic E-state index is 13.4. The lowest BCUT2D eigenvalue weighted by Crippen LogP contribution is -2.42. The van der Waals surface area contributed by atoms with Gasteiger partial charge in [0.25, 0.3) is 11.8 Å². The molecule has 32 heavy (non-hydrogen) atoms. The van der Waals surface area contributed by atoms with Crippen molar-refractivity contribution in [1.82, 2.24) is 4.90 Å². The van der Waals surface area contributed by atoms with Crippen LogP contribution in [0.5, 0.6) is 11.5 Å². The van der Waals surface area contributed by atoms with Crippen LogP contribution in [0.25, 0.3) is 0 Å². The number of hydrogen-bond donors (Lipinski definition) is 0. The van der Waals surface area contributed by atoms with Crippen LogP contribution in [-0.4, -0.2) is 63.2 Å². The number of amides is 1. The Morgan fingerprint density at radius 3 is 2.47 bits per heavy atom. The van der Waals surface area contributed by atoms with Crippen molar-refractivity contribution in [3.63, 3.8) is 0 Å². The van der Waals surface area contributed by atoms with Crippen LogP contribution < -0.4 is 14.4 Å². The Morgan fingerprint density at radius 2 is 1.78 bits per heavy atom. The van der Waals surface area contributed by atoms with Gasteiger partial charge in [0.05, 0.1) is 26.5 Å². The van der Waals surface area contributed by atoms with Crippen LogP contribution in [0.2, 0.25) is 0 Å². The summed E-state index contributed by atoms with van der Waals surface area (Å²) in [6.07, 6.45) is -0.644. The second-order valence-corrected chi connectivity index (χ2v) is 7.71. The number of alkyl halides is 2. The molecule has 0 aliphatic carbocycles. The summed E-state index contributed by atoms with van der Waals surface area (Å²) in [6.45, 7) is 1.01. The number of hydrogen-bond acceptors (Lipinski definition) is 6. The zero-order valence-electron chi connectivity index (χ0n) is 17.9. The SMILES string of the molecule is COC(=O)c1ccc(N2CCOc3cc(C(=O)N4CCC(F)(F)CC4)ccc32)cc1OC. The van der Waals surface area contributed by atoms with Crippen molar-refractivity contribution in [1.29, 1.82) is 0 Å². The minimum atomic E-state index is -2.71. The van der Waals surface area contributed by atoms with E-state index in [1.807, 2.05) is 4.90 Å². The number of carbonyl (C=O) groups is 2. The van der Waals surface area contributed by atoms with Crippen molar-refractivity contribution in [2.24, 2.45) is 0 Å². The van der Waals surface area contributed by atoms with Gasteiger partial charge in [0, 0.05) is 43.2 Å².